The maximum Gasteiger partial charge on any atom is 0.161 e. The van der Waals surface area contributed by atoms with E-state index < -0.39 is 0 Å². The molecule has 0 bridgehead atoms. The van der Waals surface area contributed by atoms with Gasteiger partial charge in [0.2, 0.25) is 0 Å². The van der Waals surface area contributed by atoms with E-state index in [1.807, 2.05) is 36.4 Å². The van der Waals surface area contributed by atoms with E-state index >= 15 is 0 Å². The zero-order chi connectivity index (χ0) is 10.1. The predicted octanol–water partition coefficient (Wildman–Crippen LogP) is 3.67. The van der Waals surface area contributed by atoms with Crippen LogP contribution < -0.4 is 0 Å². The second-order valence-electron chi connectivity index (χ2n) is 3.23. The van der Waals surface area contributed by atoms with E-state index in [0.29, 0.717) is 0 Å². The molecule has 0 saturated carbocycles. The van der Waals surface area contributed by atoms with Gasteiger partial charge >= 0.3 is 0 Å². The summed E-state index contributed by atoms with van der Waals surface area (Å²) in [4.78, 5) is 0. The Bertz CT molecular complexity index is 251. The maximum atomic E-state index is 5.23. The largest absolute Gasteiger partial charge is 0.490 e. The van der Waals surface area contributed by atoms with E-state index in [2.05, 4.69) is 13.2 Å². The summed E-state index contributed by atoms with van der Waals surface area (Å²) >= 11 is 0. The molecule has 1 aromatic rings. The van der Waals surface area contributed by atoms with Gasteiger partial charge < -0.3 is 4.74 Å². The van der Waals surface area contributed by atoms with Crippen molar-refractivity contribution in [3.63, 3.8) is 0 Å². The van der Waals surface area contributed by atoms with Crippen LogP contribution in [0.5, 0.6) is 0 Å². The Kier molecular flexibility index (Phi) is 5.57. The molecule has 1 rings (SSSR count). The van der Waals surface area contributed by atoms with Crippen molar-refractivity contribution in [1.29, 1.82) is 0 Å². The molecule has 0 aliphatic heterocycles. The molecule has 0 aliphatic carbocycles. The van der Waals surface area contributed by atoms with Gasteiger partial charge in [0.25, 0.3) is 0 Å². The average molecular weight is 189 g/mol. The molecular weight excluding hydrogens is 172 g/mol. The number of ether oxygens (including phenoxy) is 1. The van der Waals surface area contributed by atoms with Crippen LogP contribution in [0.4, 0.5) is 0 Å². The molecule has 0 aromatic heterocycles. The fourth-order valence-corrected chi connectivity index (χ4v) is 1.14. The van der Waals surface area contributed by atoms with E-state index in [1.54, 1.807) is 0 Å². The number of hydrogen-bond acceptors (Lipinski definition) is 1. The van der Waals surface area contributed by atoms with E-state index in [9.17, 15) is 0 Å². The van der Waals surface area contributed by atoms with Crippen LogP contribution in [0.25, 0.3) is 6.08 Å². The zero-order valence-corrected chi connectivity index (χ0v) is 8.70. The summed E-state index contributed by atoms with van der Waals surface area (Å²) < 4.78 is 5.23. The molecule has 0 atom stereocenters. The number of rotatable bonds is 6. The van der Waals surface area contributed by atoms with E-state index in [0.717, 1.165) is 18.6 Å². The predicted molar refractivity (Wildman–Crippen MR) is 59.6 cm³/mol. The van der Waals surface area contributed by atoms with E-state index in [-0.39, 0.29) is 0 Å². The molecule has 1 nitrogen and oxygen atoms in total. The summed E-state index contributed by atoms with van der Waals surface area (Å²) in [6.45, 7) is 2.96. The highest BCUT2D eigenvalue weighted by Crippen LogP contribution is 2.01. The van der Waals surface area contributed by atoms with E-state index in [4.69, 9.17) is 4.74 Å². The van der Waals surface area contributed by atoms with Crippen LogP contribution in [0.3, 0.4) is 0 Å². The van der Waals surface area contributed by atoms with Gasteiger partial charge in [-0.15, -0.1) is 0 Å². The van der Waals surface area contributed by atoms with Crippen LogP contribution in [-0.2, 0) is 4.74 Å². The molecule has 14 heavy (non-hydrogen) atoms. The normalized spacial score (nSPS) is 10.6. The van der Waals surface area contributed by atoms with Crippen molar-refractivity contribution in [3.05, 3.63) is 42.2 Å². The van der Waals surface area contributed by atoms with Gasteiger partial charge in [-0.25, -0.2) is 0 Å². The average Bonchev–Trinajstić information content (AvgIpc) is 2.25. The van der Waals surface area contributed by atoms with E-state index in [1.165, 1.54) is 12.8 Å². The molecule has 0 heterocycles. The lowest BCUT2D eigenvalue weighted by atomic mass is 10.2. The van der Waals surface area contributed by atoms with Crippen LogP contribution in [0, 0.1) is 6.26 Å². The lowest BCUT2D eigenvalue weighted by molar-refractivity contribution is 0.224. The number of hydrogen-bond donors (Lipinski definition) is 0. The van der Waals surface area contributed by atoms with Crippen molar-refractivity contribution >= 4 is 6.08 Å². The monoisotopic (exact) mass is 189 g/mol. The molecule has 0 saturated heterocycles. The zero-order valence-electron chi connectivity index (χ0n) is 8.70. The van der Waals surface area contributed by atoms with Gasteiger partial charge in [0.05, 0.1) is 6.61 Å². The van der Waals surface area contributed by atoms with Crippen LogP contribution in [0.15, 0.2) is 30.3 Å². The third-order valence-corrected chi connectivity index (χ3v) is 1.96. The fraction of sp³-hybridized carbons (Fsp3) is 0.385. The second-order valence-corrected chi connectivity index (χ2v) is 3.23. The summed E-state index contributed by atoms with van der Waals surface area (Å²) in [7, 11) is 0. The quantitative estimate of drug-likeness (QED) is 0.490. The molecule has 75 valence electrons. The summed E-state index contributed by atoms with van der Waals surface area (Å²) in [6, 6.07) is 10.1. The summed E-state index contributed by atoms with van der Waals surface area (Å²) in [5.41, 5.74) is 1.13. The standard InChI is InChI=1S/C13H17O/c1-2-3-7-11-14-12-10-13-8-5-4-6-9-13/h4-6,8-10H,2-3,7,11H2,1H3. The third-order valence-electron chi connectivity index (χ3n) is 1.96. The summed E-state index contributed by atoms with van der Waals surface area (Å²) in [5, 5.41) is 0. The Morgan fingerprint density at radius 3 is 2.71 bits per heavy atom. The highest BCUT2D eigenvalue weighted by atomic mass is 16.5. The van der Waals surface area contributed by atoms with Gasteiger partial charge in [0, 0.05) is 0 Å². The molecule has 0 N–H and O–H groups in total. The van der Waals surface area contributed by atoms with Crippen molar-refractivity contribution in [2.45, 2.75) is 26.2 Å². The topological polar surface area (TPSA) is 9.23 Å². The second kappa shape index (κ2) is 7.19. The fourth-order valence-electron chi connectivity index (χ4n) is 1.14. The minimum Gasteiger partial charge on any atom is -0.490 e. The van der Waals surface area contributed by atoms with Crippen molar-refractivity contribution in [2.75, 3.05) is 6.61 Å². The lowest BCUT2D eigenvalue weighted by Gasteiger charge is -1.97. The Balaban J connectivity index is 2.15. The van der Waals surface area contributed by atoms with Crippen molar-refractivity contribution in [1.82, 2.24) is 0 Å². The highest BCUT2D eigenvalue weighted by molar-refractivity contribution is 5.45. The van der Waals surface area contributed by atoms with Gasteiger partial charge in [-0.05, 0) is 18.1 Å². The SMILES string of the molecule is CCCCCO/[C]=C/c1ccccc1. The molecule has 1 aromatic carbocycles. The number of unbranched alkanes of at least 4 members (excludes halogenated alkanes) is 2. The minimum absolute atomic E-state index is 0.775. The first-order chi connectivity index (χ1) is 6.93. The van der Waals surface area contributed by atoms with Crippen molar-refractivity contribution in [3.8, 4) is 0 Å². The highest BCUT2D eigenvalue weighted by Gasteiger charge is 1.85. The number of benzene rings is 1. The van der Waals surface area contributed by atoms with Crippen LogP contribution in [0.2, 0.25) is 0 Å². The third kappa shape index (κ3) is 4.70. The molecule has 0 fully saturated rings. The molecule has 0 aliphatic rings. The Labute approximate surface area is 86.4 Å². The smallest absolute Gasteiger partial charge is 0.161 e. The van der Waals surface area contributed by atoms with Crippen LogP contribution in [0.1, 0.15) is 31.7 Å². The molecular formula is C13H17O. The first-order valence-corrected chi connectivity index (χ1v) is 5.19. The van der Waals surface area contributed by atoms with Crippen LogP contribution >= 0.6 is 0 Å². The van der Waals surface area contributed by atoms with Crippen molar-refractivity contribution in [2.24, 2.45) is 0 Å². The minimum atomic E-state index is 0.775. The summed E-state index contributed by atoms with van der Waals surface area (Å²) in [5.74, 6) is 0. The lowest BCUT2D eigenvalue weighted by Crippen LogP contribution is -1.86. The van der Waals surface area contributed by atoms with Crippen molar-refractivity contribution < 1.29 is 4.74 Å². The van der Waals surface area contributed by atoms with Gasteiger partial charge in [0.15, 0.2) is 6.26 Å². The van der Waals surface area contributed by atoms with Crippen LogP contribution in [-0.4, -0.2) is 6.61 Å². The first-order valence-electron chi connectivity index (χ1n) is 5.19. The molecule has 1 heteroatoms. The maximum absolute atomic E-state index is 5.23. The Hall–Kier alpha value is -1.24. The van der Waals surface area contributed by atoms with Gasteiger partial charge in [-0.1, -0.05) is 50.1 Å². The Morgan fingerprint density at radius 1 is 1.21 bits per heavy atom. The summed E-state index contributed by atoms with van der Waals surface area (Å²) in [6.07, 6.45) is 8.28. The molecule has 0 amide bonds. The first kappa shape index (κ1) is 10.8. The van der Waals surface area contributed by atoms with Gasteiger partial charge in [-0.2, -0.15) is 0 Å². The van der Waals surface area contributed by atoms with Gasteiger partial charge in [0.1, 0.15) is 0 Å². The Morgan fingerprint density at radius 2 is 2.00 bits per heavy atom. The van der Waals surface area contributed by atoms with Gasteiger partial charge in [-0.3, -0.25) is 0 Å². The molecule has 0 spiro atoms. The molecule has 0 unspecified atom stereocenters. The molecule has 1 radical (unpaired) electrons.